The number of hydrogen-bond acceptors (Lipinski definition) is 10. The summed E-state index contributed by atoms with van der Waals surface area (Å²) in [7, 11) is 5.08. The van der Waals surface area contributed by atoms with E-state index in [0.29, 0.717) is 41.4 Å². The number of aromatic nitrogens is 2. The second-order valence-corrected chi connectivity index (χ2v) is 13.9. The number of carbonyl (C=O) groups is 1. The topological polar surface area (TPSA) is 121 Å². The molecular weight excluding hydrogens is 649 g/mol. The number of carbonyl (C=O) groups excluding carboxylic acids is 1. The lowest BCUT2D eigenvalue weighted by Crippen LogP contribution is -2.43. The molecule has 3 fully saturated rings. The highest BCUT2D eigenvalue weighted by Crippen LogP contribution is 2.44. The number of anilines is 2. The second-order valence-electron chi connectivity index (χ2n) is 12.9. The lowest BCUT2D eigenvalue weighted by Gasteiger charge is -2.32. The van der Waals surface area contributed by atoms with E-state index in [1.807, 2.05) is 32.1 Å². The highest BCUT2D eigenvalue weighted by atomic mass is 32.1. The number of nitrogens with two attached hydrogens (primary N) is 1. The van der Waals surface area contributed by atoms with Crippen LogP contribution in [0.3, 0.4) is 0 Å². The Morgan fingerprint density at radius 2 is 2.02 bits per heavy atom. The van der Waals surface area contributed by atoms with Crippen molar-refractivity contribution in [1.29, 1.82) is 5.26 Å². The predicted octanol–water partition coefficient (Wildman–Crippen LogP) is 6.04. The van der Waals surface area contributed by atoms with E-state index in [9.17, 15) is 14.4 Å². The Hall–Kier alpha value is -4.38. The maximum absolute atomic E-state index is 16.5. The van der Waals surface area contributed by atoms with E-state index in [1.165, 1.54) is 57.7 Å². The van der Waals surface area contributed by atoms with Crippen molar-refractivity contribution in [1.82, 2.24) is 19.8 Å². The average molecular weight is 690 g/mol. The van der Waals surface area contributed by atoms with Gasteiger partial charge in [-0.3, -0.25) is 9.69 Å². The summed E-state index contributed by atoms with van der Waals surface area (Å²) in [6.07, 6.45) is 6.60. The van der Waals surface area contributed by atoms with Crippen molar-refractivity contribution in [3.05, 3.63) is 53.6 Å². The van der Waals surface area contributed by atoms with Crippen molar-refractivity contribution in [3.8, 4) is 23.2 Å². The number of halogens is 2. The molecule has 0 aliphatic carbocycles. The molecule has 0 radical (unpaired) electrons. The minimum Gasteiger partial charge on any atom is -0.467 e. The fourth-order valence-corrected chi connectivity index (χ4v) is 8.71. The van der Waals surface area contributed by atoms with E-state index in [2.05, 4.69) is 21.4 Å². The zero-order valence-corrected chi connectivity index (χ0v) is 29.2. The summed E-state index contributed by atoms with van der Waals surface area (Å²) in [5.74, 6) is -0.874. The van der Waals surface area contributed by atoms with Gasteiger partial charge in [0.2, 0.25) is 5.91 Å². The van der Waals surface area contributed by atoms with Crippen LogP contribution in [0.5, 0.6) is 6.01 Å². The molecule has 1 amide bonds. The molecule has 49 heavy (non-hydrogen) atoms. The van der Waals surface area contributed by atoms with Crippen molar-refractivity contribution < 1.29 is 23.0 Å². The number of benzene rings is 2. The number of aryl methyl sites for hydroxylation is 1. The molecule has 0 saturated carbocycles. The van der Waals surface area contributed by atoms with Gasteiger partial charge in [0.15, 0.2) is 5.82 Å². The van der Waals surface area contributed by atoms with Crippen LogP contribution in [0.15, 0.2) is 30.9 Å². The number of nitrogens with zero attached hydrogens (tertiary/aromatic N) is 6. The maximum Gasteiger partial charge on any atom is 0.318 e. The van der Waals surface area contributed by atoms with Gasteiger partial charge < -0.3 is 25.0 Å². The van der Waals surface area contributed by atoms with Crippen LogP contribution in [-0.2, 0) is 9.53 Å². The monoisotopic (exact) mass is 689 g/mol. The zero-order valence-electron chi connectivity index (χ0n) is 28.4. The Labute approximate surface area is 288 Å². The fourth-order valence-electron chi connectivity index (χ4n) is 7.76. The molecule has 7 rings (SSSR count). The first-order chi connectivity index (χ1) is 23.5. The minimum atomic E-state index is -0.648. The van der Waals surface area contributed by atoms with Crippen molar-refractivity contribution >= 4 is 49.1 Å². The third kappa shape index (κ3) is 6.06. The number of hydrogen-bond donors (Lipinski definition) is 1. The van der Waals surface area contributed by atoms with Crippen molar-refractivity contribution in [2.45, 2.75) is 63.8 Å². The summed E-state index contributed by atoms with van der Waals surface area (Å²) in [6, 6.07) is 7.13. The summed E-state index contributed by atoms with van der Waals surface area (Å²) in [4.78, 5) is 27.4. The highest BCUT2D eigenvalue weighted by Gasteiger charge is 2.37. The molecule has 10 nitrogen and oxygen atoms in total. The number of thiophene rings is 1. The number of amides is 1. The number of nitrogen functional groups attached to an aromatic ring is 1. The summed E-state index contributed by atoms with van der Waals surface area (Å²) >= 11 is 0.956. The molecule has 3 saturated heterocycles. The SMILES string of the molecule is C=CC(=O)N1CCC(N(C)c2nc(OC)nc3c(F)c(-c4ccc(F)c5sc(N)c(C#N)c45)c(C)cc23)C1C.COC1CC2CCCN2C1. The van der Waals surface area contributed by atoms with Gasteiger partial charge in [-0.25, -0.2) is 8.78 Å². The van der Waals surface area contributed by atoms with Gasteiger partial charge in [0.1, 0.15) is 28.2 Å². The third-order valence-electron chi connectivity index (χ3n) is 10.3. The molecule has 2 N–H and O–H groups in total. The first-order valence-corrected chi connectivity index (χ1v) is 17.2. The summed E-state index contributed by atoms with van der Waals surface area (Å²) < 4.78 is 42.0. The lowest BCUT2D eigenvalue weighted by molar-refractivity contribution is -0.126. The minimum absolute atomic E-state index is 0.0214. The molecule has 2 aromatic carbocycles. The molecule has 4 aromatic rings. The molecule has 4 unspecified atom stereocenters. The zero-order chi connectivity index (χ0) is 35.1. The Kier molecular flexibility index (Phi) is 9.75. The van der Waals surface area contributed by atoms with Crippen LogP contribution in [0.2, 0.25) is 0 Å². The van der Waals surface area contributed by atoms with Crippen LogP contribution in [0.25, 0.3) is 32.1 Å². The van der Waals surface area contributed by atoms with Crippen LogP contribution in [0, 0.1) is 29.9 Å². The van der Waals surface area contributed by atoms with E-state index in [0.717, 1.165) is 17.4 Å². The smallest absolute Gasteiger partial charge is 0.318 e. The van der Waals surface area contributed by atoms with E-state index in [1.54, 1.807) is 17.9 Å². The second kappa shape index (κ2) is 13.9. The maximum atomic E-state index is 16.5. The summed E-state index contributed by atoms with van der Waals surface area (Å²) in [5.41, 5.74) is 7.23. The molecule has 5 heterocycles. The predicted molar refractivity (Wildman–Crippen MR) is 189 cm³/mol. The molecule has 3 aliphatic heterocycles. The van der Waals surface area contributed by atoms with Crippen LogP contribution in [0.4, 0.5) is 19.6 Å². The number of methoxy groups -OCH3 is 2. The third-order valence-corrected chi connectivity index (χ3v) is 11.3. The highest BCUT2D eigenvalue weighted by molar-refractivity contribution is 7.23. The van der Waals surface area contributed by atoms with Gasteiger partial charge in [-0.2, -0.15) is 15.2 Å². The molecule has 0 spiro atoms. The van der Waals surface area contributed by atoms with Crippen LogP contribution in [-0.4, -0.2) is 90.8 Å². The van der Waals surface area contributed by atoms with Gasteiger partial charge in [-0.1, -0.05) is 12.6 Å². The Bertz CT molecular complexity index is 1970. The van der Waals surface area contributed by atoms with Crippen LogP contribution < -0.4 is 15.4 Å². The largest absolute Gasteiger partial charge is 0.467 e. The average Bonchev–Trinajstić information content (AvgIpc) is 3.88. The van der Waals surface area contributed by atoms with Crippen molar-refractivity contribution in [3.63, 3.8) is 0 Å². The van der Waals surface area contributed by atoms with Gasteiger partial charge in [0, 0.05) is 55.7 Å². The van der Waals surface area contributed by atoms with E-state index in [4.69, 9.17) is 15.2 Å². The number of likely N-dealkylation sites (N-methyl/N-ethyl adjacent to an activating group) is 1. The Morgan fingerprint density at radius 1 is 1.24 bits per heavy atom. The Morgan fingerprint density at radius 3 is 2.69 bits per heavy atom. The van der Waals surface area contributed by atoms with Gasteiger partial charge in [-0.05, 0) is 75.4 Å². The van der Waals surface area contributed by atoms with Gasteiger partial charge >= 0.3 is 6.01 Å². The van der Waals surface area contributed by atoms with Gasteiger partial charge in [0.25, 0.3) is 0 Å². The van der Waals surface area contributed by atoms with E-state index in [-0.39, 0.29) is 55.7 Å². The number of ether oxygens (including phenoxy) is 2. The van der Waals surface area contributed by atoms with E-state index >= 15 is 4.39 Å². The molecule has 4 atom stereocenters. The number of nitriles is 1. The Balaban J connectivity index is 0.000000353. The van der Waals surface area contributed by atoms with E-state index < -0.39 is 11.6 Å². The quantitative estimate of drug-likeness (QED) is 0.242. The molecule has 0 bridgehead atoms. The number of fused-ring (bicyclic) bond motifs is 3. The van der Waals surface area contributed by atoms with Crippen molar-refractivity contribution in [2.24, 2.45) is 0 Å². The number of likely N-dealkylation sites (tertiary alicyclic amines) is 1. The fraction of sp³-hybridized carbons (Fsp3) is 0.444. The molecule has 3 aliphatic rings. The molecule has 2 aromatic heterocycles. The molecule has 258 valence electrons. The standard InChI is InChI=1S/C28H26F2N6O2S.C8H15NO/c1-6-20(37)36-10-9-19(14(36)3)35(4)27-16-11-13(2)21(23(30)24(16)33-28(34-27)38-5)15-7-8-18(29)25-22(15)17(12-31)26(32)39-25;1-10-8-5-7-3-2-4-9(7)6-8/h6-8,11,14,19H,1,9-10,32H2,2-5H3;7-8H,2-6H2,1H3. The molecular formula is C36H41F2N7O3S. The van der Waals surface area contributed by atoms with Crippen LogP contribution >= 0.6 is 11.3 Å². The normalized spacial score (nSPS) is 21.8. The molecule has 13 heteroatoms. The lowest BCUT2D eigenvalue weighted by atomic mass is 9.93. The summed E-state index contributed by atoms with van der Waals surface area (Å²) in [5, 5.41) is 10.6. The van der Waals surface area contributed by atoms with Crippen LogP contribution in [0.1, 0.15) is 43.7 Å². The van der Waals surface area contributed by atoms with Gasteiger partial charge in [-0.15, -0.1) is 11.3 Å². The van der Waals surface area contributed by atoms with Crippen molar-refractivity contribution in [2.75, 3.05) is 51.5 Å². The van der Waals surface area contributed by atoms with Gasteiger partial charge in [0.05, 0.1) is 29.5 Å². The first kappa shape index (κ1) is 34.5. The number of rotatable bonds is 6. The first-order valence-electron chi connectivity index (χ1n) is 16.4. The summed E-state index contributed by atoms with van der Waals surface area (Å²) in [6.45, 7) is 10.3.